The lowest BCUT2D eigenvalue weighted by Gasteiger charge is -2.35. The van der Waals surface area contributed by atoms with Gasteiger partial charge in [-0.15, -0.1) is 0 Å². The molecule has 0 aliphatic heterocycles. The molecule has 4 rings (SSSR count). The number of nitrogens with zero attached hydrogens (tertiary/aromatic N) is 2. The molecule has 38 heavy (non-hydrogen) atoms. The Morgan fingerprint density at radius 1 is 0.474 bits per heavy atom. The fraction of sp³-hybridized carbons (Fsp3) is 0.556. The van der Waals surface area contributed by atoms with Crippen LogP contribution >= 0.6 is 0 Å². The zero-order valence-corrected chi connectivity index (χ0v) is 24.8. The van der Waals surface area contributed by atoms with Crippen molar-refractivity contribution >= 4 is 43.7 Å². The average molecular weight is 513 g/mol. The van der Waals surface area contributed by atoms with Gasteiger partial charge in [0, 0.05) is 31.6 Å². The minimum Gasteiger partial charge on any atom is -0.370 e. The summed E-state index contributed by atoms with van der Waals surface area (Å²) in [5.41, 5.74) is 2.99. The minimum absolute atomic E-state index is 1.16. The Balaban J connectivity index is 1.92. The molecule has 4 aromatic carbocycles. The van der Waals surface area contributed by atoms with E-state index < -0.39 is 0 Å². The van der Waals surface area contributed by atoms with Gasteiger partial charge in [0.2, 0.25) is 0 Å². The summed E-state index contributed by atoms with van der Waals surface area (Å²) in [6, 6.07) is 18.9. The van der Waals surface area contributed by atoms with Crippen LogP contribution in [-0.4, -0.2) is 26.2 Å². The van der Waals surface area contributed by atoms with Crippen molar-refractivity contribution in [1.82, 2.24) is 0 Å². The highest BCUT2D eigenvalue weighted by molar-refractivity contribution is 6.26. The van der Waals surface area contributed by atoms with Crippen molar-refractivity contribution in [2.75, 3.05) is 36.0 Å². The van der Waals surface area contributed by atoms with Gasteiger partial charge in [0.15, 0.2) is 0 Å². The van der Waals surface area contributed by atoms with Crippen molar-refractivity contribution in [1.29, 1.82) is 0 Å². The zero-order chi connectivity index (χ0) is 26.7. The highest BCUT2D eigenvalue weighted by Crippen LogP contribution is 2.45. The number of hydrogen-bond donors (Lipinski definition) is 0. The molecular formula is C36H52N2. The number of hydrogen-bond acceptors (Lipinski definition) is 2. The molecule has 0 N–H and O–H groups in total. The summed E-state index contributed by atoms with van der Waals surface area (Å²) in [6.07, 6.45) is 15.4. The Kier molecular flexibility index (Phi) is 11.0. The SMILES string of the molecule is CCCCCN(CCCCC)c1cc2ccc3cccc4ccc(c1N(CCCCC)CCCCC)c2c34. The Morgan fingerprint density at radius 2 is 0.947 bits per heavy atom. The van der Waals surface area contributed by atoms with Crippen LogP contribution < -0.4 is 9.80 Å². The summed E-state index contributed by atoms with van der Waals surface area (Å²) in [7, 11) is 0. The molecule has 206 valence electrons. The summed E-state index contributed by atoms with van der Waals surface area (Å²) in [5, 5.41) is 8.52. The molecule has 0 heterocycles. The van der Waals surface area contributed by atoms with Gasteiger partial charge in [0.1, 0.15) is 0 Å². The molecule has 0 aromatic heterocycles. The van der Waals surface area contributed by atoms with Crippen LogP contribution in [0, 0.1) is 0 Å². The predicted octanol–water partition coefficient (Wildman–Crippen LogP) is 11.0. The smallest absolute Gasteiger partial charge is 0.0684 e. The van der Waals surface area contributed by atoms with Gasteiger partial charge in [-0.1, -0.05) is 122 Å². The molecule has 0 spiro atoms. The summed E-state index contributed by atoms with van der Waals surface area (Å²) in [4.78, 5) is 5.56. The van der Waals surface area contributed by atoms with E-state index in [-0.39, 0.29) is 0 Å². The normalized spacial score (nSPS) is 11.8. The van der Waals surface area contributed by atoms with Crippen LogP contribution in [0.5, 0.6) is 0 Å². The Labute approximate surface area is 232 Å². The van der Waals surface area contributed by atoms with Crippen LogP contribution in [0.4, 0.5) is 11.4 Å². The van der Waals surface area contributed by atoms with Gasteiger partial charge < -0.3 is 9.80 Å². The topological polar surface area (TPSA) is 6.48 Å². The van der Waals surface area contributed by atoms with Crippen molar-refractivity contribution in [2.24, 2.45) is 0 Å². The molecule has 4 aromatic rings. The molecule has 0 bridgehead atoms. The fourth-order valence-corrected chi connectivity index (χ4v) is 6.25. The molecule has 0 unspecified atom stereocenters. The third kappa shape index (κ3) is 6.56. The van der Waals surface area contributed by atoms with Crippen LogP contribution in [0.15, 0.2) is 48.5 Å². The van der Waals surface area contributed by atoms with Crippen molar-refractivity contribution in [2.45, 2.75) is 105 Å². The molecule has 0 aliphatic carbocycles. The largest absolute Gasteiger partial charge is 0.370 e. The van der Waals surface area contributed by atoms with E-state index in [1.165, 1.54) is 121 Å². The monoisotopic (exact) mass is 512 g/mol. The predicted molar refractivity (Wildman–Crippen MR) is 173 cm³/mol. The van der Waals surface area contributed by atoms with Crippen molar-refractivity contribution in [3.63, 3.8) is 0 Å². The Hall–Kier alpha value is -2.48. The molecule has 0 aliphatic rings. The van der Waals surface area contributed by atoms with E-state index in [1.807, 2.05) is 0 Å². The maximum atomic E-state index is 2.79. The summed E-state index contributed by atoms with van der Waals surface area (Å²) in [6.45, 7) is 13.9. The third-order valence-electron chi connectivity index (χ3n) is 8.38. The van der Waals surface area contributed by atoms with Crippen LogP contribution in [-0.2, 0) is 0 Å². The molecule has 0 radical (unpaired) electrons. The van der Waals surface area contributed by atoms with Gasteiger partial charge >= 0.3 is 0 Å². The molecule has 2 nitrogen and oxygen atoms in total. The van der Waals surface area contributed by atoms with E-state index in [0.717, 1.165) is 26.2 Å². The lowest BCUT2D eigenvalue weighted by atomic mass is 9.92. The fourth-order valence-electron chi connectivity index (χ4n) is 6.25. The van der Waals surface area contributed by atoms with E-state index >= 15 is 0 Å². The summed E-state index contributed by atoms with van der Waals surface area (Å²) in [5.74, 6) is 0. The second-order valence-corrected chi connectivity index (χ2v) is 11.4. The van der Waals surface area contributed by atoms with Crippen LogP contribution in [0.3, 0.4) is 0 Å². The quantitative estimate of drug-likeness (QED) is 0.0966. The molecule has 2 heteroatoms. The van der Waals surface area contributed by atoms with Crippen molar-refractivity contribution in [3.8, 4) is 0 Å². The van der Waals surface area contributed by atoms with Crippen LogP contribution in [0.25, 0.3) is 32.3 Å². The maximum Gasteiger partial charge on any atom is 0.0684 e. The zero-order valence-electron chi connectivity index (χ0n) is 24.8. The van der Waals surface area contributed by atoms with Gasteiger partial charge in [-0.05, 0) is 58.7 Å². The Morgan fingerprint density at radius 3 is 1.47 bits per heavy atom. The van der Waals surface area contributed by atoms with E-state index in [1.54, 1.807) is 0 Å². The van der Waals surface area contributed by atoms with Crippen LogP contribution in [0.1, 0.15) is 105 Å². The number of benzene rings is 4. The second-order valence-electron chi connectivity index (χ2n) is 11.4. The van der Waals surface area contributed by atoms with E-state index in [2.05, 4.69) is 86.0 Å². The average Bonchev–Trinajstić information content (AvgIpc) is 2.94. The van der Waals surface area contributed by atoms with Crippen molar-refractivity contribution in [3.05, 3.63) is 48.5 Å². The lowest BCUT2D eigenvalue weighted by Crippen LogP contribution is -2.31. The molecule has 0 saturated carbocycles. The van der Waals surface area contributed by atoms with Gasteiger partial charge in [0.25, 0.3) is 0 Å². The molecular weight excluding hydrogens is 460 g/mol. The first-order chi connectivity index (χ1) is 18.7. The third-order valence-corrected chi connectivity index (χ3v) is 8.38. The Bertz CT molecular complexity index is 1210. The van der Waals surface area contributed by atoms with E-state index in [0.29, 0.717) is 0 Å². The minimum atomic E-state index is 1.16. The molecule has 0 amide bonds. The van der Waals surface area contributed by atoms with Gasteiger partial charge in [-0.25, -0.2) is 0 Å². The summed E-state index contributed by atoms with van der Waals surface area (Å²) >= 11 is 0. The lowest BCUT2D eigenvalue weighted by molar-refractivity contribution is 0.626. The standard InChI is InChI=1S/C36H52N2/c1-5-9-13-24-37(25-14-10-6-2)33-28-31-21-20-29-18-17-19-30-22-23-32(35(31)34(29)30)36(33)38(26-15-11-7-3)27-16-12-8-4/h17-23,28H,5-16,24-27H2,1-4H3. The maximum absolute atomic E-state index is 2.79. The number of rotatable bonds is 18. The van der Waals surface area contributed by atoms with Gasteiger partial charge in [-0.3, -0.25) is 0 Å². The van der Waals surface area contributed by atoms with Crippen molar-refractivity contribution < 1.29 is 0 Å². The van der Waals surface area contributed by atoms with Gasteiger partial charge in [-0.2, -0.15) is 0 Å². The van der Waals surface area contributed by atoms with E-state index in [9.17, 15) is 0 Å². The second kappa shape index (κ2) is 14.6. The van der Waals surface area contributed by atoms with Crippen LogP contribution in [0.2, 0.25) is 0 Å². The first-order valence-electron chi connectivity index (χ1n) is 15.9. The van der Waals surface area contributed by atoms with E-state index in [4.69, 9.17) is 0 Å². The van der Waals surface area contributed by atoms with Gasteiger partial charge in [0.05, 0.1) is 11.4 Å². The number of anilines is 2. The highest BCUT2D eigenvalue weighted by atomic mass is 15.2. The highest BCUT2D eigenvalue weighted by Gasteiger charge is 2.22. The first-order valence-corrected chi connectivity index (χ1v) is 15.9. The number of unbranched alkanes of at least 4 members (excludes halogenated alkanes) is 8. The summed E-state index contributed by atoms with van der Waals surface area (Å²) < 4.78 is 0. The molecule has 0 fully saturated rings. The molecule has 0 saturated heterocycles. The molecule has 0 atom stereocenters. The first kappa shape index (κ1) is 28.5.